The van der Waals surface area contributed by atoms with Crippen molar-refractivity contribution in [2.45, 2.75) is 65.0 Å². The first kappa shape index (κ1) is 48.8. The van der Waals surface area contributed by atoms with Crippen molar-refractivity contribution in [3.05, 3.63) is 66.8 Å². The third-order valence-corrected chi connectivity index (χ3v) is 9.26. The number of imidazole rings is 3. The summed E-state index contributed by atoms with van der Waals surface area (Å²) < 4.78 is 17.8. The van der Waals surface area contributed by atoms with Gasteiger partial charge in [-0.1, -0.05) is 0 Å². The van der Waals surface area contributed by atoms with E-state index < -0.39 is 59.1 Å². The van der Waals surface area contributed by atoms with Gasteiger partial charge >= 0.3 is 12.1 Å². The summed E-state index contributed by atoms with van der Waals surface area (Å²) >= 11 is 0. The number of anilines is 6. The fourth-order valence-corrected chi connectivity index (χ4v) is 6.17. The van der Waals surface area contributed by atoms with Gasteiger partial charge in [0, 0.05) is 104 Å². The average molecular weight is 916 g/mol. The Morgan fingerprint density at radius 1 is 0.621 bits per heavy atom. The third-order valence-electron chi connectivity index (χ3n) is 9.26. The Hall–Kier alpha value is -8.25. The van der Waals surface area contributed by atoms with Gasteiger partial charge in [-0.25, -0.2) is 24.5 Å². The number of aryl methyl sites for hydroxylation is 5. The number of carbonyl (C=O) groups excluding carboxylic acids is 8. The van der Waals surface area contributed by atoms with Crippen LogP contribution in [0.1, 0.15) is 85.2 Å². The van der Waals surface area contributed by atoms with Crippen LogP contribution in [0.25, 0.3) is 0 Å². The van der Waals surface area contributed by atoms with Crippen molar-refractivity contribution in [2.24, 2.45) is 35.2 Å². The fourth-order valence-electron chi connectivity index (χ4n) is 6.17. The molecule has 5 aromatic heterocycles. The van der Waals surface area contributed by atoms with Crippen molar-refractivity contribution in [1.82, 2.24) is 43.1 Å². The van der Waals surface area contributed by atoms with Crippen LogP contribution in [-0.4, -0.2) is 104 Å². The van der Waals surface area contributed by atoms with Crippen LogP contribution in [0.2, 0.25) is 0 Å². The molecule has 5 heterocycles. The summed E-state index contributed by atoms with van der Waals surface area (Å²) in [6.45, 7) is 6.71. The van der Waals surface area contributed by atoms with Crippen molar-refractivity contribution in [3.8, 4) is 0 Å². The molecule has 0 fully saturated rings. The van der Waals surface area contributed by atoms with E-state index in [-0.39, 0.29) is 67.2 Å². The molecule has 352 valence electrons. The van der Waals surface area contributed by atoms with E-state index in [2.05, 4.69) is 52.2 Å². The number of alkyl carbamates (subject to hydrolysis) is 1. The van der Waals surface area contributed by atoms with Crippen LogP contribution in [0.15, 0.2) is 49.3 Å². The van der Waals surface area contributed by atoms with E-state index in [4.69, 9.17) is 9.47 Å². The van der Waals surface area contributed by atoms with E-state index in [1.165, 1.54) is 44.6 Å². The van der Waals surface area contributed by atoms with Gasteiger partial charge in [-0.3, -0.25) is 28.8 Å². The maximum Gasteiger partial charge on any atom is 0.408 e. The summed E-state index contributed by atoms with van der Waals surface area (Å²) in [5.41, 5.74) is -0.156. The topological polar surface area (TPSA) is 303 Å². The van der Waals surface area contributed by atoms with Crippen LogP contribution in [0.5, 0.6) is 0 Å². The second-order valence-electron chi connectivity index (χ2n) is 15.9. The molecular formula is C41H53N15O10. The van der Waals surface area contributed by atoms with Gasteiger partial charge in [0.05, 0.1) is 18.0 Å². The molecule has 66 heavy (non-hydrogen) atoms. The average Bonchev–Trinajstić information content (AvgIpc) is 4.05. The number of amides is 7. The van der Waals surface area contributed by atoms with Crippen LogP contribution in [-0.2, 0) is 63.9 Å². The SMILES string of the molecule is CCOC(=O)c1nc(NC(=O)[C@@H](CCC(=O)Nc2cc(NC(=O)c3nc(NC(=O)CCC(=O)Nc4cc(NC(=O)c5nccn5C)cn4C)cn3C)cn2C)NC(=O)OC(C)(C)C)cn1C. The zero-order valence-corrected chi connectivity index (χ0v) is 37.9. The molecule has 0 aliphatic carbocycles. The van der Waals surface area contributed by atoms with Gasteiger partial charge in [-0.2, -0.15) is 0 Å². The zero-order chi connectivity index (χ0) is 48.5. The maximum atomic E-state index is 13.4. The van der Waals surface area contributed by atoms with Crippen molar-refractivity contribution < 1.29 is 47.8 Å². The predicted octanol–water partition coefficient (Wildman–Crippen LogP) is 2.85. The minimum absolute atomic E-state index is 0.0139. The minimum Gasteiger partial charge on any atom is -0.460 e. The molecule has 5 rings (SSSR count). The summed E-state index contributed by atoms with van der Waals surface area (Å²) in [7, 11) is 8.09. The highest BCUT2D eigenvalue weighted by Gasteiger charge is 2.27. The highest BCUT2D eigenvalue weighted by molar-refractivity contribution is 6.04. The van der Waals surface area contributed by atoms with Gasteiger partial charge in [0.15, 0.2) is 17.5 Å². The van der Waals surface area contributed by atoms with Crippen LogP contribution in [0.4, 0.5) is 39.4 Å². The number of esters is 1. The van der Waals surface area contributed by atoms with E-state index in [0.717, 1.165) is 0 Å². The predicted molar refractivity (Wildman–Crippen MR) is 238 cm³/mol. The Bertz CT molecular complexity index is 2640. The molecule has 25 nitrogen and oxygen atoms in total. The molecule has 0 aliphatic rings. The molecule has 0 saturated carbocycles. The van der Waals surface area contributed by atoms with Gasteiger partial charge in [-0.05, 0) is 34.1 Å². The van der Waals surface area contributed by atoms with Crippen molar-refractivity contribution in [2.75, 3.05) is 38.5 Å². The minimum atomic E-state index is -1.26. The number of ether oxygens (including phenoxy) is 2. The van der Waals surface area contributed by atoms with E-state index in [9.17, 15) is 38.4 Å². The number of aromatic nitrogens is 8. The first-order valence-electron chi connectivity index (χ1n) is 20.5. The monoisotopic (exact) mass is 915 g/mol. The van der Waals surface area contributed by atoms with Crippen LogP contribution >= 0.6 is 0 Å². The van der Waals surface area contributed by atoms with Crippen LogP contribution < -0.4 is 37.2 Å². The van der Waals surface area contributed by atoms with E-state index in [1.807, 2.05) is 0 Å². The van der Waals surface area contributed by atoms with Crippen molar-refractivity contribution in [1.29, 1.82) is 0 Å². The maximum absolute atomic E-state index is 13.4. The summed E-state index contributed by atoms with van der Waals surface area (Å²) in [6, 6.07) is 1.80. The number of nitrogens with one attached hydrogen (secondary N) is 7. The van der Waals surface area contributed by atoms with Gasteiger partial charge in [-0.15, -0.1) is 0 Å². The van der Waals surface area contributed by atoms with Gasteiger partial charge < -0.3 is 69.5 Å². The fraction of sp³-hybridized carbons (Fsp3) is 0.390. The summed E-state index contributed by atoms with van der Waals surface area (Å²) in [5.74, 6) is -3.14. The number of rotatable bonds is 18. The normalized spacial score (nSPS) is 11.5. The highest BCUT2D eigenvalue weighted by atomic mass is 16.6. The van der Waals surface area contributed by atoms with Gasteiger partial charge in [0.1, 0.15) is 23.3 Å². The Labute approximate surface area is 378 Å². The molecule has 0 aromatic carbocycles. The number of hydrogen-bond donors (Lipinski definition) is 7. The molecule has 0 bridgehead atoms. The lowest BCUT2D eigenvalue weighted by molar-refractivity contribution is -0.121. The van der Waals surface area contributed by atoms with Crippen molar-refractivity contribution >= 4 is 82.2 Å². The lowest BCUT2D eigenvalue weighted by Crippen LogP contribution is -2.46. The quantitative estimate of drug-likeness (QED) is 0.0623. The van der Waals surface area contributed by atoms with E-state index in [1.54, 1.807) is 90.5 Å². The zero-order valence-electron chi connectivity index (χ0n) is 37.9. The second kappa shape index (κ2) is 21.0. The van der Waals surface area contributed by atoms with Crippen LogP contribution in [0, 0.1) is 0 Å². The lowest BCUT2D eigenvalue weighted by Gasteiger charge is -2.23. The number of nitrogens with zero attached hydrogens (tertiary/aromatic N) is 8. The van der Waals surface area contributed by atoms with E-state index >= 15 is 0 Å². The third kappa shape index (κ3) is 13.4. The standard InChI is InChI=1S/C41H53N15O10/c1-10-65-39(63)35-48-27(22-56(35)9)49-36(60)25(45-40(64)66-41(2,3)4)11-12-31(58)50-28-18-24(20-54(28)7)44-38(62)34-47-26(21-55(34)8)46-30(57)13-14-32(59)51-29-17-23(19-53(29)6)43-37(61)33-42-15-16-52(33)5/h15-22,25H,10-14H2,1-9H3,(H,43,61)(H,44,62)(H,45,64)(H,46,57)(H,49,60)(H,50,58)(H,51,59)/t25-/m1/s1. The largest absolute Gasteiger partial charge is 0.460 e. The molecule has 0 spiro atoms. The van der Waals surface area contributed by atoms with E-state index in [0.29, 0.717) is 17.2 Å². The van der Waals surface area contributed by atoms with Crippen LogP contribution in [0.3, 0.4) is 0 Å². The first-order chi connectivity index (χ1) is 31.1. The smallest absolute Gasteiger partial charge is 0.408 e. The van der Waals surface area contributed by atoms with Gasteiger partial charge in [0.25, 0.3) is 11.8 Å². The first-order valence-corrected chi connectivity index (χ1v) is 20.5. The van der Waals surface area contributed by atoms with Gasteiger partial charge in [0.2, 0.25) is 35.3 Å². The lowest BCUT2D eigenvalue weighted by atomic mass is 10.1. The molecule has 7 N–H and O–H groups in total. The molecular weight excluding hydrogens is 863 g/mol. The molecule has 1 atom stereocenters. The molecule has 25 heteroatoms. The summed E-state index contributed by atoms with van der Waals surface area (Å²) in [4.78, 5) is 115. The molecule has 0 radical (unpaired) electrons. The Kier molecular flexibility index (Phi) is 15.5. The second-order valence-corrected chi connectivity index (χ2v) is 15.9. The molecule has 7 amide bonds. The number of carbonyl (C=O) groups is 8. The summed E-state index contributed by atoms with van der Waals surface area (Å²) in [5, 5.41) is 18.5. The number of hydrogen-bond acceptors (Lipinski definition) is 13. The van der Waals surface area contributed by atoms with Crippen molar-refractivity contribution in [3.63, 3.8) is 0 Å². The Morgan fingerprint density at radius 2 is 1.14 bits per heavy atom. The molecule has 0 saturated heterocycles. The summed E-state index contributed by atoms with van der Waals surface area (Å²) in [6.07, 6.45) is 7.43. The Balaban J connectivity index is 1.11. The molecule has 0 aliphatic heterocycles. The Morgan fingerprint density at radius 3 is 1.68 bits per heavy atom. The molecule has 0 unspecified atom stereocenters. The molecule has 5 aromatic rings. The highest BCUT2D eigenvalue weighted by Crippen LogP contribution is 2.21.